The van der Waals surface area contributed by atoms with Crippen LogP contribution in [0.2, 0.25) is 0 Å². The molecule has 13 heteroatoms. The van der Waals surface area contributed by atoms with Crippen LogP contribution in [0.1, 0.15) is 5.56 Å². The number of hydrogen-bond donors (Lipinski definition) is 3. The fourth-order valence-corrected chi connectivity index (χ4v) is 3.15. The highest BCUT2D eigenvalue weighted by Crippen LogP contribution is 2.33. The van der Waals surface area contributed by atoms with Gasteiger partial charge >= 0.3 is 6.18 Å². The monoisotopic (exact) mass is 477 g/mol. The summed E-state index contributed by atoms with van der Waals surface area (Å²) in [7, 11) is 0. The highest BCUT2D eigenvalue weighted by Gasteiger charge is 2.34. The first-order valence-corrected chi connectivity index (χ1v) is 10.5. The van der Waals surface area contributed by atoms with Crippen molar-refractivity contribution >= 4 is 29.2 Å². The van der Waals surface area contributed by atoms with Crippen LogP contribution in [-0.2, 0) is 6.18 Å². The number of benzene rings is 2. The van der Waals surface area contributed by atoms with Gasteiger partial charge in [-0.05, 0) is 48.7 Å². The van der Waals surface area contributed by atoms with Crippen molar-refractivity contribution in [2.75, 3.05) is 17.3 Å². The molecule has 4 rings (SSSR count). The second-order valence-electron chi connectivity index (χ2n) is 6.58. The molecule has 0 unspecified atom stereocenters. The lowest BCUT2D eigenvalue weighted by Gasteiger charge is -2.10. The number of anilines is 3. The number of nitrogen functional groups attached to an aromatic ring is 1. The van der Waals surface area contributed by atoms with Crippen LogP contribution < -0.4 is 15.8 Å². The van der Waals surface area contributed by atoms with Gasteiger partial charge in [-0.3, -0.25) is 0 Å². The molecule has 170 valence electrons. The number of alkyl halides is 3. The van der Waals surface area contributed by atoms with E-state index in [-0.39, 0.29) is 17.5 Å². The van der Waals surface area contributed by atoms with Crippen LogP contribution in [0.25, 0.3) is 11.4 Å². The van der Waals surface area contributed by atoms with Gasteiger partial charge in [0.05, 0.1) is 5.56 Å². The Hall–Kier alpha value is -3.87. The first kappa shape index (κ1) is 22.3. The lowest BCUT2D eigenvalue weighted by molar-refractivity contribution is -0.139. The third-order valence-corrected chi connectivity index (χ3v) is 4.80. The number of nitrogens with zero attached hydrogens (tertiary/aromatic N) is 4. The number of aromatic amines is 1. The van der Waals surface area contributed by atoms with Crippen molar-refractivity contribution in [1.82, 2.24) is 25.1 Å². The molecule has 0 aliphatic heterocycles. The van der Waals surface area contributed by atoms with Crippen LogP contribution in [0.5, 0.6) is 11.6 Å². The smallest absolute Gasteiger partial charge is 0.419 e. The predicted octanol–water partition coefficient (Wildman–Crippen LogP) is 5.26. The Bertz CT molecular complexity index is 1280. The highest BCUT2D eigenvalue weighted by atomic mass is 32.2. The Morgan fingerprint density at radius 1 is 1.03 bits per heavy atom. The van der Waals surface area contributed by atoms with Gasteiger partial charge in [-0.2, -0.15) is 18.2 Å². The summed E-state index contributed by atoms with van der Waals surface area (Å²) in [6.07, 6.45) is -2.99. The summed E-state index contributed by atoms with van der Waals surface area (Å²) in [5.41, 5.74) is 5.01. The molecule has 0 atom stereocenters. The molecular formula is C20H15F4N7OS. The van der Waals surface area contributed by atoms with E-state index in [1.54, 1.807) is 24.3 Å². The number of hydrogen-bond acceptors (Lipinski definition) is 8. The molecule has 0 spiro atoms. The zero-order chi connectivity index (χ0) is 23.6. The van der Waals surface area contributed by atoms with E-state index < -0.39 is 17.6 Å². The molecule has 2 aromatic carbocycles. The second kappa shape index (κ2) is 8.94. The third-order valence-electron chi connectivity index (χ3n) is 4.26. The minimum Gasteiger partial charge on any atom is -0.439 e. The van der Waals surface area contributed by atoms with Crippen molar-refractivity contribution < 1.29 is 22.3 Å². The maximum Gasteiger partial charge on any atom is 0.419 e. The van der Waals surface area contributed by atoms with Crippen LogP contribution in [0.15, 0.2) is 53.7 Å². The summed E-state index contributed by atoms with van der Waals surface area (Å²) < 4.78 is 57.8. The van der Waals surface area contributed by atoms with Crippen LogP contribution in [0, 0.1) is 5.82 Å². The van der Waals surface area contributed by atoms with E-state index in [1.165, 1.54) is 23.9 Å². The average Bonchev–Trinajstić information content (AvgIpc) is 3.23. The molecule has 0 fully saturated rings. The van der Waals surface area contributed by atoms with Gasteiger partial charge in [0.25, 0.3) is 0 Å². The largest absolute Gasteiger partial charge is 0.439 e. The Morgan fingerprint density at radius 2 is 1.79 bits per heavy atom. The summed E-state index contributed by atoms with van der Waals surface area (Å²) in [6, 6.07) is 10.8. The van der Waals surface area contributed by atoms with Gasteiger partial charge in [0, 0.05) is 17.3 Å². The lowest BCUT2D eigenvalue weighted by atomic mass is 10.2. The minimum absolute atomic E-state index is 0.00362. The Labute approximate surface area is 188 Å². The van der Waals surface area contributed by atoms with Crippen molar-refractivity contribution in [3.63, 3.8) is 0 Å². The molecule has 4 aromatic rings. The average molecular weight is 477 g/mol. The molecule has 0 amide bonds. The summed E-state index contributed by atoms with van der Waals surface area (Å²) >= 11 is 1.33. The molecule has 0 aliphatic rings. The summed E-state index contributed by atoms with van der Waals surface area (Å²) in [5, 5.41) is 11.0. The molecule has 8 nitrogen and oxygen atoms in total. The SMILES string of the molecule is CSc1nc(N)cc(Oc2ccc(-c3nnc(Nc4ccc(F)c(C(F)(F)F)c4)[nH]3)cc2)n1. The van der Waals surface area contributed by atoms with Crippen molar-refractivity contribution in [1.29, 1.82) is 0 Å². The fraction of sp³-hybridized carbons (Fsp3) is 0.100. The standard InChI is InChI=1S/C20H15F4N7OS/c1-33-19-27-15(25)9-16(28-19)32-12-5-2-10(3-6-12)17-29-18(31-30-17)26-11-4-7-14(21)13(8-11)20(22,23)24/h2-9H,1H3,(H2,25,27,28)(H2,26,29,30,31). The van der Waals surface area contributed by atoms with Crippen LogP contribution >= 0.6 is 11.8 Å². The molecule has 2 aromatic heterocycles. The van der Waals surface area contributed by atoms with Crippen molar-refractivity contribution in [3.05, 3.63) is 59.9 Å². The predicted molar refractivity (Wildman–Crippen MR) is 115 cm³/mol. The number of nitrogens with two attached hydrogens (primary N) is 1. The molecule has 4 N–H and O–H groups in total. The lowest BCUT2D eigenvalue weighted by Crippen LogP contribution is -2.08. The molecule has 0 radical (unpaired) electrons. The number of ether oxygens (including phenoxy) is 1. The minimum atomic E-state index is -4.81. The quantitative estimate of drug-likeness (QED) is 0.196. The van der Waals surface area contributed by atoms with Crippen LogP contribution in [0.4, 0.5) is 35.0 Å². The van der Waals surface area contributed by atoms with Crippen molar-refractivity contribution in [3.8, 4) is 23.0 Å². The highest BCUT2D eigenvalue weighted by molar-refractivity contribution is 7.98. The molecule has 0 aliphatic carbocycles. The van der Waals surface area contributed by atoms with Crippen molar-refractivity contribution in [2.45, 2.75) is 11.3 Å². The molecule has 0 saturated carbocycles. The summed E-state index contributed by atoms with van der Waals surface area (Å²) in [5.74, 6) is 0.161. The van der Waals surface area contributed by atoms with E-state index >= 15 is 0 Å². The number of H-pyrrole nitrogens is 1. The number of thioether (sulfide) groups is 1. The van der Waals surface area contributed by atoms with Gasteiger partial charge in [-0.15, -0.1) is 10.2 Å². The molecule has 0 bridgehead atoms. The fourth-order valence-electron chi connectivity index (χ4n) is 2.77. The van der Waals surface area contributed by atoms with E-state index in [0.29, 0.717) is 34.2 Å². The van der Waals surface area contributed by atoms with E-state index in [2.05, 4.69) is 30.5 Å². The van der Waals surface area contributed by atoms with Gasteiger partial charge in [0.2, 0.25) is 11.8 Å². The van der Waals surface area contributed by atoms with Crippen LogP contribution in [-0.4, -0.2) is 31.4 Å². The van der Waals surface area contributed by atoms with Gasteiger partial charge in [-0.1, -0.05) is 11.8 Å². The number of aromatic nitrogens is 5. The maximum absolute atomic E-state index is 13.4. The topological polar surface area (TPSA) is 115 Å². The zero-order valence-corrected chi connectivity index (χ0v) is 17.6. The van der Waals surface area contributed by atoms with Gasteiger partial charge in [0.15, 0.2) is 11.0 Å². The van der Waals surface area contributed by atoms with Crippen molar-refractivity contribution in [2.24, 2.45) is 0 Å². The van der Waals surface area contributed by atoms with Gasteiger partial charge < -0.3 is 20.8 Å². The Morgan fingerprint density at radius 3 is 2.48 bits per heavy atom. The number of halogens is 4. The molecular weight excluding hydrogens is 462 g/mol. The first-order valence-electron chi connectivity index (χ1n) is 9.24. The molecule has 0 saturated heterocycles. The number of rotatable bonds is 6. The van der Waals surface area contributed by atoms with E-state index in [4.69, 9.17) is 10.5 Å². The third kappa shape index (κ3) is 5.31. The normalized spacial score (nSPS) is 11.4. The van der Waals surface area contributed by atoms with E-state index in [0.717, 1.165) is 6.07 Å². The second-order valence-corrected chi connectivity index (χ2v) is 7.36. The Kier molecular flexibility index (Phi) is 6.05. The van der Waals surface area contributed by atoms with E-state index in [1.807, 2.05) is 6.26 Å². The summed E-state index contributed by atoms with van der Waals surface area (Å²) in [6.45, 7) is 0. The van der Waals surface area contributed by atoms with E-state index in [9.17, 15) is 17.6 Å². The molecule has 33 heavy (non-hydrogen) atoms. The van der Waals surface area contributed by atoms with Crippen LogP contribution in [0.3, 0.4) is 0 Å². The van der Waals surface area contributed by atoms with Gasteiger partial charge in [-0.25, -0.2) is 9.37 Å². The Balaban J connectivity index is 1.47. The molecule has 2 heterocycles. The summed E-state index contributed by atoms with van der Waals surface area (Å²) in [4.78, 5) is 11.1. The number of nitrogens with one attached hydrogen (secondary N) is 2. The van der Waals surface area contributed by atoms with Gasteiger partial charge in [0.1, 0.15) is 17.4 Å². The zero-order valence-electron chi connectivity index (χ0n) is 16.8. The first-order chi connectivity index (χ1) is 15.7. The maximum atomic E-state index is 13.4.